The quantitative estimate of drug-likeness (QED) is 0.628. The van der Waals surface area contributed by atoms with E-state index < -0.39 is 0 Å². The van der Waals surface area contributed by atoms with Gasteiger partial charge in [0.15, 0.2) is 4.34 Å². The maximum atomic E-state index is 12.0. The molecule has 0 unspecified atom stereocenters. The predicted molar refractivity (Wildman–Crippen MR) is 91.8 cm³/mol. The molecule has 6 nitrogen and oxygen atoms in total. The first kappa shape index (κ1) is 16.7. The second kappa shape index (κ2) is 7.61. The summed E-state index contributed by atoms with van der Waals surface area (Å²) >= 11 is 2.79. The van der Waals surface area contributed by atoms with E-state index in [0.717, 1.165) is 30.0 Å². The van der Waals surface area contributed by atoms with Gasteiger partial charge in [0.1, 0.15) is 0 Å². The Kier molecular flexibility index (Phi) is 5.53. The monoisotopic (exact) mass is 354 g/mol. The number of rotatable bonds is 6. The summed E-state index contributed by atoms with van der Waals surface area (Å²) in [5.41, 5.74) is 0. The molecule has 1 heterocycles. The number of anilines is 1. The standard InChI is InChI=1S/C15H22N4O2S2/c1-10(20)19(12-7-8-12)14-17-18-15(23-14)22-9-13(21)16-11-5-3-2-4-6-11/h11-12H,2-9H2,1H3,(H,16,21). The lowest BCUT2D eigenvalue weighted by Crippen LogP contribution is -2.37. The summed E-state index contributed by atoms with van der Waals surface area (Å²) in [6.45, 7) is 1.56. The Morgan fingerprint density at radius 3 is 2.61 bits per heavy atom. The van der Waals surface area contributed by atoms with Crippen LogP contribution in [-0.2, 0) is 9.59 Å². The Labute approximate surface area is 144 Å². The smallest absolute Gasteiger partial charge is 0.230 e. The molecule has 3 rings (SSSR count). The minimum atomic E-state index is 0.00948. The van der Waals surface area contributed by atoms with Crippen LogP contribution < -0.4 is 10.2 Å². The number of hydrogen-bond donors (Lipinski definition) is 1. The van der Waals surface area contributed by atoms with E-state index >= 15 is 0 Å². The van der Waals surface area contributed by atoms with Gasteiger partial charge < -0.3 is 5.32 Å². The van der Waals surface area contributed by atoms with Crippen molar-refractivity contribution in [1.82, 2.24) is 15.5 Å². The Hall–Kier alpha value is -1.15. The molecular weight excluding hydrogens is 332 g/mol. The topological polar surface area (TPSA) is 75.2 Å². The van der Waals surface area contributed by atoms with Gasteiger partial charge >= 0.3 is 0 Å². The lowest BCUT2D eigenvalue weighted by molar-refractivity contribution is -0.119. The van der Waals surface area contributed by atoms with Crippen LogP contribution >= 0.6 is 23.1 Å². The maximum Gasteiger partial charge on any atom is 0.230 e. The molecule has 1 aromatic heterocycles. The molecule has 2 fully saturated rings. The molecule has 2 aliphatic rings. The first-order valence-electron chi connectivity index (χ1n) is 8.19. The van der Waals surface area contributed by atoms with E-state index in [2.05, 4.69) is 15.5 Å². The fourth-order valence-electron chi connectivity index (χ4n) is 2.88. The Bertz CT molecular complexity index is 568. The third kappa shape index (κ3) is 4.67. The summed E-state index contributed by atoms with van der Waals surface area (Å²) in [6.07, 6.45) is 7.95. The summed E-state index contributed by atoms with van der Waals surface area (Å²) in [7, 11) is 0. The number of nitrogens with zero attached hydrogens (tertiary/aromatic N) is 3. The molecule has 8 heteroatoms. The van der Waals surface area contributed by atoms with E-state index in [-0.39, 0.29) is 17.9 Å². The van der Waals surface area contributed by atoms with Crippen molar-refractivity contribution in [3.8, 4) is 0 Å². The van der Waals surface area contributed by atoms with Crippen molar-refractivity contribution < 1.29 is 9.59 Å². The van der Waals surface area contributed by atoms with Crippen LogP contribution in [0.5, 0.6) is 0 Å². The molecule has 0 aliphatic heterocycles. The van der Waals surface area contributed by atoms with Gasteiger partial charge in [0, 0.05) is 19.0 Å². The first-order valence-corrected chi connectivity index (χ1v) is 9.99. The van der Waals surface area contributed by atoms with E-state index in [1.807, 2.05) is 0 Å². The fraction of sp³-hybridized carbons (Fsp3) is 0.733. The van der Waals surface area contributed by atoms with Gasteiger partial charge in [-0.25, -0.2) is 0 Å². The minimum Gasteiger partial charge on any atom is -0.353 e. The minimum absolute atomic E-state index is 0.00948. The van der Waals surface area contributed by atoms with Crippen LogP contribution in [0.3, 0.4) is 0 Å². The lowest BCUT2D eigenvalue weighted by atomic mass is 9.95. The zero-order valence-corrected chi connectivity index (χ0v) is 14.9. The molecule has 1 aromatic rings. The second-order valence-electron chi connectivity index (χ2n) is 6.16. The highest BCUT2D eigenvalue weighted by Crippen LogP contribution is 2.35. The maximum absolute atomic E-state index is 12.0. The van der Waals surface area contributed by atoms with Gasteiger partial charge in [0.05, 0.1) is 5.75 Å². The molecule has 23 heavy (non-hydrogen) atoms. The van der Waals surface area contributed by atoms with Crippen molar-refractivity contribution >= 4 is 40.0 Å². The van der Waals surface area contributed by atoms with Crippen LogP contribution in [0.15, 0.2) is 4.34 Å². The highest BCUT2D eigenvalue weighted by molar-refractivity contribution is 8.01. The van der Waals surface area contributed by atoms with Gasteiger partial charge in [-0.3, -0.25) is 14.5 Å². The molecule has 0 aromatic carbocycles. The first-order chi connectivity index (χ1) is 11.1. The molecule has 0 radical (unpaired) electrons. The Morgan fingerprint density at radius 2 is 1.96 bits per heavy atom. The van der Waals surface area contributed by atoms with Crippen LogP contribution in [0.1, 0.15) is 51.9 Å². The number of thioether (sulfide) groups is 1. The number of carbonyl (C=O) groups excluding carboxylic acids is 2. The number of carbonyl (C=O) groups is 2. The van der Waals surface area contributed by atoms with Crippen LogP contribution in [0.2, 0.25) is 0 Å². The molecule has 126 valence electrons. The van der Waals surface area contributed by atoms with Crippen molar-refractivity contribution in [2.75, 3.05) is 10.7 Å². The van der Waals surface area contributed by atoms with Crippen molar-refractivity contribution in [3.05, 3.63) is 0 Å². The van der Waals surface area contributed by atoms with Crippen LogP contribution in [0.25, 0.3) is 0 Å². The van der Waals surface area contributed by atoms with E-state index in [4.69, 9.17) is 0 Å². The fourth-order valence-corrected chi connectivity index (χ4v) is 4.65. The van der Waals surface area contributed by atoms with E-state index in [1.54, 1.807) is 11.8 Å². The van der Waals surface area contributed by atoms with Crippen LogP contribution in [-0.4, -0.2) is 39.8 Å². The van der Waals surface area contributed by atoms with Crippen molar-refractivity contribution in [2.24, 2.45) is 0 Å². The van der Waals surface area contributed by atoms with Gasteiger partial charge in [-0.05, 0) is 25.7 Å². The summed E-state index contributed by atoms with van der Waals surface area (Å²) in [6, 6.07) is 0.623. The largest absolute Gasteiger partial charge is 0.353 e. The number of amides is 2. The molecule has 2 aliphatic carbocycles. The van der Waals surface area contributed by atoms with E-state index in [0.29, 0.717) is 16.9 Å². The van der Waals surface area contributed by atoms with Crippen molar-refractivity contribution in [2.45, 2.75) is 68.3 Å². The zero-order chi connectivity index (χ0) is 16.2. The molecule has 0 saturated heterocycles. The number of nitrogens with one attached hydrogen (secondary N) is 1. The van der Waals surface area contributed by atoms with Crippen molar-refractivity contribution in [1.29, 1.82) is 0 Å². The third-order valence-electron chi connectivity index (χ3n) is 4.15. The molecule has 0 atom stereocenters. The lowest BCUT2D eigenvalue weighted by Gasteiger charge is -2.22. The summed E-state index contributed by atoms with van der Waals surface area (Å²) in [5, 5.41) is 12.0. The molecule has 0 bridgehead atoms. The Balaban J connectivity index is 1.48. The van der Waals surface area contributed by atoms with Gasteiger partial charge in [0.25, 0.3) is 0 Å². The highest BCUT2D eigenvalue weighted by atomic mass is 32.2. The zero-order valence-electron chi connectivity index (χ0n) is 13.3. The highest BCUT2D eigenvalue weighted by Gasteiger charge is 2.34. The van der Waals surface area contributed by atoms with Gasteiger partial charge in [-0.2, -0.15) is 0 Å². The van der Waals surface area contributed by atoms with Gasteiger partial charge in [0.2, 0.25) is 16.9 Å². The summed E-state index contributed by atoms with van der Waals surface area (Å²) in [5.74, 6) is 0.425. The summed E-state index contributed by atoms with van der Waals surface area (Å²) in [4.78, 5) is 25.5. The summed E-state index contributed by atoms with van der Waals surface area (Å²) < 4.78 is 0.741. The second-order valence-corrected chi connectivity index (χ2v) is 8.34. The Morgan fingerprint density at radius 1 is 1.22 bits per heavy atom. The average Bonchev–Trinajstić information content (AvgIpc) is 3.24. The molecular formula is C15H22N4O2S2. The van der Waals surface area contributed by atoms with Gasteiger partial charge in [-0.1, -0.05) is 42.4 Å². The number of aromatic nitrogens is 2. The van der Waals surface area contributed by atoms with E-state index in [1.165, 1.54) is 42.4 Å². The molecule has 2 saturated carbocycles. The van der Waals surface area contributed by atoms with Crippen LogP contribution in [0, 0.1) is 0 Å². The van der Waals surface area contributed by atoms with Gasteiger partial charge in [-0.15, -0.1) is 10.2 Å². The average molecular weight is 355 g/mol. The predicted octanol–water partition coefficient (Wildman–Crippen LogP) is 2.59. The third-order valence-corrected chi connectivity index (χ3v) is 6.21. The SMILES string of the molecule is CC(=O)N(c1nnc(SCC(=O)NC2CCCCC2)s1)C1CC1. The van der Waals surface area contributed by atoms with Crippen LogP contribution in [0.4, 0.5) is 5.13 Å². The normalized spacial score (nSPS) is 18.7. The molecule has 1 N–H and O–H groups in total. The van der Waals surface area contributed by atoms with Crippen molar-refractivity contribution in [3.63, 3.8) is 0 Å². The van der Waals surface area contributed by atoms with E-state index in [9.17, 15) is 9.59 Å². The number of hydrogen-bond acceptors (Lipinski definition) is 6. The molecule has 2 amide bonds. The molecule has 0 spiro atoms.